The minimum absolute atomic E-state index is 0.0647. The van der Waals surface area contributed by atoms with Crippen LogP contribution in [-0.2, 0) is 25.6 Å². The summed E-state index contributed by atoms with van der Waals surface area (Å²) in [6.07, 6.45) is 0.285. The van der Waals surface area contributed by atoms with Crippen molar-refractivity contribution >= 4 is 40.6 Å². The summed E-state index contributed by atoms with van der Waals surface area (Å²) in [6.45, 7) is 9.70. The van der Waals surface area contributed by atoms with E-state index in [0.29, 0.717) is 35.8 Å². The molecule has 3 amide bonds. The quantitative estimate of drug-likeness (QED) is 0.198. The predicted molar refractivity (Wildman–Crippen MR) is 174 cm³/mol. The lowest BCUT2D eigenvalue weighted by atomic mass is 9.79. The maximum absolute atomic E-state index is 15.3. The summed E-state index contributed by atoms with van der Waals surface area (Å²) in [5.41, 5.74) is 3.48. The van der Waals surface area contributed by atoms with Gasteiger partial charge in [-0.3, -0.25) is 24.1 Å². The van der Waals surface area contributed by atoms with E-state index >= 15 is 4.79 Å². The third-order valence-corrected chi connectivity index (χ3v) is 8.84. The number of phenols is 1. The third-order valence-electron chi connectivity index (χ3n) is 8.84. The minimum Gasteiger partial charge on any atom is -0.507 e. The van der Waals surface area contributed by atoms with Crippen LogP contribution in [0.15, 0.2) is 71.8 Å². The van der Waals surface area contributed by atoms with Gasteiger partial charge in [0.1, 0.15) is 11.5 Å². The molecule has 3 aliphatic heterocycles. The van der Waals surface area contributed by atoms with Crippen LogP contribution in [-0.4, -0.2) is 62.9 Å². The molecule has 6 rings (SSSR count). The Labute approximate surface area is 271 Å². The van der Waals surface area contributed by atoms with Crippen LogP contribution < -0.4 is 20.1 Å². The van der Waals surface area contributed by atoms with E-state index in [1.165, 1.54) is 29.2 Å². The predicted octanol–water partition coefficient (Wildman–Crippen LogP) is 4.20. The zero-order valence-corrected chi connectivity index (χ0v) is 26.7. The van der Waals surface area contributed by atoms with Gasteiger partial charge in [-0.15, -0.1) is 0 Å². The second-order valence-corrected chi connectivity index (χ2v) is 12.3. The molecule has 11 heteroatoms. The number of aliphatic hydroxyl groups is 1. The van der Waals surface area contributed by atoms with Crippen molar-refractivity contribution in [1.29, 1.82) is 0 Å². The monoisotopic (exact) mass is 637 g/mol. The summed E-state index contributed by atoms with van der Waals surface area (Å²) in [6, 6.07) is 15.6. The van der Waals surface area contributed by atoms with Gasteiger partial charge in [0.15, 0.2) is 17.0 Å². The van der Waals surface area contributed by atoms with Crippen molar-refractivity contribution in [3.05, 3.63) is 94.1 Å². The molecular weight excluding hydrogens is 602 g/mol. The van der Waals surface area contributed by atoms with E-state index < -0.39 is 57.2 Å². The van der Waals surface area contributed by atoms with E-state index in [-0.39, 0.29) is 23.4 Å². The van der Waals surface area contributed by atoms with Crippen LogP contribution >= 0.6 is 0 Å². The van der Waals surface area contributed by atoms with E-state index in [1.807, 2.05) is 13.8 Å². The highest BCUT2D eigenvalue weighted by atomic mass is 16.5. The van der Waals surface area contributed by atoms with E-state index in [0.717, 1.165) is 10.5 Å². The number of aryl methyl sites for hydroxylation is 1. The van der Waals surface area contributed by atoms with Crippen molar-refractivity contribution in [3.8, 4) is 17.2 Å². The number of phenolic OH excluding ortho intramolecular Hbond substituents is 1. The van der Waals surface area contributed by atoms with Crippen LogP contribution in [0.1, 0.15) is 49.9 Å². The van der Waals surface area contributed by atoms with Crippen molar-refractivity contribution in [2.75, 3.05) is 18.1 Å². The Bertz CT molecular complexity index is 1940. The van der Waals surface area contributed by atoms with E-state index in [4.69, 9.17) is 15.2 Å². The molecular formula is C36H35N3O8. The van der Waals surface area contributed by atoms with Crippen LogP contribution in [0.3, 0.4) is 0 Å². The number of carbonyl (C=O) groups is 4. The molecule has 1 spiro atoms. The number of carbonyl (C=O) groups excluding carboxylic acids is 4. The molecule has 0 aliphatic carbocycles. The lowest BCUT2D eigenvalue weighted by molar-refractivity contribution is -0.135. The van der Waals surface area contributed by atoms with Crippen molar-refractivity contribution in [2.45, 2.75) is 52.1 Å². The largest absolute Gasteiger partial charge is 0.507 e. The molecule has 1 saturated heterocycles. The number of ketones is 1. The third kappa shape index (κ3) is 4.40. The molecule has 4 N–H and O–H groups in total. The normalized spacial score (nSPS) is 20.9. The molecule has 1 fully saturated rings. The maximum Gasteiger partial charge on any atom is 0.300 e. The molecule has 3 aromatic rings. The second kappa shape index (κ2) is 11.0. The van der Waals surface area contributed by atoms with Crippen LogP contribution in [0, 0.1) is 6.92 Å². The summed E-state index contributed by atoms with van der Waals surface area (Å²) in [5.74, 6) is -4.71. The van der Waals surface area contributed by atoms with Gasteiger partial charge in [0.25, 0.3) is 11.7 Å². The van der Waals surface area contributed by atoms with Gasteiger partial charge < -0.3 is 30.3 Å². The topological polar surface area (TPSA) is 160 Å². The summed E-state index contributed by atoms with van der Waals surface area (Å²) in [7, 11) is 0. The highest BCUT2D eigenvalue weighted by molar-refractivity contribution is 6.56. The number of aliphatic hydroxyl groups excluding tert-OH is 1. The molecule has 47 heavy (non-hydrogen) atoms. The number of primary amides is 1. The average Bonchev–Trinajstić information content (AvgIpc) is 3.41. The molecule has 242 valence electrons. The minimum atomic E-state index is -2.58. The number of nitrogens with zero attached hydrogens (tertiary/aromatic N) is 2. The first-order chi connectivity index (χ1) is 22.3. The Balaban J connectivity index is 1.80. The summed E-state index contributed by atoms with van der Waals surface area (Å²) in [4.78, 5) is 59.7. The van der Waals surface area contributed by atoms with Gasteiger partial charge in [0, 0.05) is 16.7 Å². The van der Waals surface area contributed by atoms with E-state index in [9.17, 15) is 24.6 Å². The van der Waals surface area contributed by atoms with Crippen LogP contribution in [0.25, 0.3) is 11.5 Å². The SMILES string of the molecule is CCOc1cc2c(cc1OCC)C1=C(C(N)=O)C3(C(=O)N1C(C)(C)C2)/C(=C(\O)c1ccc(C)cc1)C(=O)C(=O)N3c1ccccc1O. The van der Waals surface area contributed by atoms with Crippen LogP contribution in [0.2, 0.25) is 0 Å². The van der Waals surface area contributed by atoms with E-state index in [2.05, 4.69) is 0 Å². The number of Topliss-reactive ketones (excluding diaryl/α,β-unsaturated/α-hetero) is 1. The van der Waals surface area contributed by atoms with Gasteiger partial charge >= 0.3 is 5.91 Å². The Kier molecular flexibility index (Phi) is 7.38. The molecule has 0 bridgehead atoms. The number of hydrogen-bond acceptors (Lipinski definition) is 8. The van der Waals surface area contributed by atoms with Crippen LogP contribution in [0.4, 0.5) is 5.69 Å². The Morgan fingerprint density at radius 3 is 2.15 bits per heavy atom. The van der Waals surface area contributed by atoms with Crippen LogP contribution in [0.5, 0.6) is 17.2 Å². The highest BCUT2D eigenvalue weighted by Crippen LogP contribution is 2.58. The number of hydrogen-bond donors (Lipinski definition) is 3. The smallest absolute Gasteiger partial charge is 0.300 e. The lowest BCUT2D eigenvalue weighted by Crippen LogP contribution is -2.60. The Hall–Kier alpha value is -5.58. The number of para-hydroxylation sites is 2. The van der Waals surface area contributed by atoms with Gasteiger partial charge in [0.2, 0.25) is 5.91 Å². The zero-order valence-electron chi connectivity index (χ0n) is 26.7. The van der Waals surface area contributed by atoms with Gasteiger partial charge in [-0.2, -0.15) is 0 Å². The molecule has 11 nitrogen and oxygen atoms in total. The molecule has 1 atom stereocenters. The molecule has 1 unspecified atom stereocenters. The molecule has 0 aromatic heterocycles. The van der Waals surface area contributed by atoms with Gasteiger partial charge in [-0.05, 0) is 70.9 Å². The number of fused-ring (bicyclic) bond motifs is 3. The summed E-state index contributed by atoms with van der Waals surface area (Å²) in [5, 5.41) is 22.9. The van der Waals surface area contributed by atoms with Crippen molar-refractivity contribution in [1.82, 2.24) is 4.90 Å². The number of aromatic hydroxyl groups is 1. The summed E-state index contributed by atoms with van der Waals surface area (Å²) >= 11 is 0. The molecule has 3 aliphatic rings. The molecule has 0 radical (unpaired) electrons. The van der Waals surface area contributed by atoms with Gasteiger partial charge in [0.05, 0.1) is 35.7 Å². The second-order valence-electron chi connectivity index (χ2n) is 12.3. The fourth-order valence-electron chi connectivity index (χ4n) is 6.99. The average molecular weight is 638 g/mol. The molecule has 0 saturated carbocycles. The lowest BCUT2D eigenvalue weighted by Gasteiger charge is -2.44. The highest BCUT2D eigenvalue weighted by Gasteiger charge is 2.72. The summed E-state index contributed by atoms with van der Waals surface area (Å²) < 4.78 is 11.8. The first-order valence-electron chi connectivity index (χ1n) is 15.3. The Morgan fingerprint density at radius 1 is 0.936 bits per heavy atom. The zero-order chi connectivity index (χ0) is 34.0. The van der Waals surface area contributed by atoms with Gasteiger partial charge in [-0.1, -0.05) is 42.0 Å². The molecule has 3 heterocycles. The van der Waals surface area contributed by atoms with Crippen molar-refractivity contribution < 1.29 is 38.9 Å². The van der Waals surface area contributed by atoms with Crippen molar-refractivity contribution in [2.24, 2.45) is 5.73 Å². The standard InChI is InChI=1S/C36H35N3O8/c1-6-46-25-16-21-18-35(4,5)39-29(22(21)17-26(25)47-7-2)27(32(37)43)36(34(39)45)28(30(41)20-14-12-19(3)13-15-20)31(42)33(44)38(36)23-10-8-9-11-24(23)40/h8-17,40-41H,6-7,18H2,1-5H3,(H2,37,43)/b30-28-. The number of nitrogens with two attached hydrogens (primary N) is 1. The first kappa shape index (κ1) is 31.4. The fourth-order valence-corrected chi connectivity index (χ4v) is 6.99. The van der Waals surface area contributed by atoms with Gasteiger partial charge in [-0.25, -0.2) is 0 Å². The maximum atomic E-state index is 15.3. The van der Waals surface area contributed by atoms with Crippen molar-refractivity contribution in [3.63, 3.8) is 0 Å². The Morgan fingerprint density at radius 2 is 1.55 bits per heavy atom. The number of amides is 3. The van der Waals surface area contributed by atoms with E-state index in [1.54, 1.807) is 57.2 Å². The number of rotatable bonds is 7. The molecule has 3 aromatic carbocycles. The number of ether oxygens (including phenoxy) is 2. The fraction of sp³-hybridized carbons (Fsp3) is 0.278. The first-order valence-corrected chi connectivity index (χ1v) is 15.3. The number of benzene rings is 3. The number of anilines is 1.